The molecule has 0 aliphatic carbocycles. The monoisotopic (exact) mass is 390 g/mol. The Kier molecular flexibility index (Phi) is 6.54. The summed E-state index contributed by atoms with van der Waals surface area (Å²) in [5, 5.41) is 14.0. The van der Waals surface area contributed by atoms with Crippen LogP contribution in [0.5, 0.6) is 0 Å². The molecule has 1 aromatic heterocycles. The molecule has 1 fully saturated rings. The summed E-state index contributed by atoms with van der Waals surface area (Å²) in [7, 11) is 0. The number of hydrogen-bond acceptors (Lipinski definition) is 6. The molecule has 3 rings (SSSR count). The summed E-state index contributed by atoms with van der Waals surface area (Å²) < 4.78 is 11.1. The zero-order valence-electron chi connectivity index (χ0n) is 15.0. The van der Waals surface area contributed by atoms with Crippen LogP contribution in [0.25, 0.3) is 10.6 Å². The van der Waals surface area contributed by atoms with E-state index in [2.05, 4.69) is 10.3 Å². The van der Waals surface area contributed by atoms with E-state index in [0.29, 0.717) is 18.2 Å². The molecule has 27 heavy (non-hydrogen) atoms. The van der Waals surface area contributed by atoms with Crippen LogP contribution in [0.1, 0.15) is 35.8 Å². The molecule has 1 aromatic carbocycles. The first-order valence-corrected chi connectivity index (χ1v) is 9.70. The number of nitrogens with zero attached hydrogens (tertiary/aromatic N) is 1. The Hall–Kier alpha value is -2.29. The van der Waals surface area contributed by atoms with Gasteiger partial charge in [0.2, 0.25) is 5.91 Å². The number of amides is 1. The molecule has 2 atom stereocenters. The SMILES string of the molecule is CC(OCC1CCCO1)C(=O)NCc1cccc(-c2nc(C(=O)O)cs2)c1. The van der Waals surface area contributed by atoms with Crippen molar-refractivity contribution in [2.75, 3.05) is 13.2 Å². The molecule has 1 aliphatic heterocycles. The standard InChI is InChI=1S/C19H22N2O5S/c1-12(26-10-15-6-3-7-25-15)17(22)20-9-13-4-2-5-14(8-13)18-21-16(11-27-18)19(23)24/h2,4-5,8,11-12,15H,3,6-7,9-10H2,1H3,(H,20,22)(H,23,24). The van der Waals surface area contributed by atoms with Gasteiger partial charge in [-0.25, -0.2) is 9.78 Å². The number of aromatic carboxylic acids is 1. The lowest BCUT2D eigenvalue weighted by Crippen LogP contribution is -2.35. The van der Waals surface area contributed by atoms with Gasteiger partial charge in [-0.05, 0) is 31.4 Å². The summed E-state index contributed by atoms with van der Waals surface area (Å²) in [5.41, 5.74) is 1.76. The predicted octanol–water partition coefficient (Wildman–Crippen LogP) is 2.71. The minimum absolute atomic E-state index is 0.0333. The molecule has 8 heteroatoms. The third kappa shape index (κ3) is 5.35. The van der Waals surface area contributed by atoms with E-state index in [4.69, 9.17) is 14.6 Å². The van der Waals surface area contributed by atoms with Gasteiger partial charge in [-0.2, -0.15) is 0 Å². The number of carbonyl (C=O) groups excluding carboxylic acids is 1. The highest BCUT2D eigenvalue weighted by Gasteiger charge is 2.19. The first kappa shape index (κ1) is 19.5. The van der Waals surface area contributed by atoms with Crippen molar-refractivity contribution in [1.29, 1.82) is 0 Å². The molecule has 1 saturated heterocycles. The zero-order valence-corrected chi connectivity index (χ0v) is 15.8. The maximum Gasteiger partial charge on any atom is 0.355 e. The molecule has 144 valence electrons. The first-order valence-electron chi connectivity index (χ1n) is 8.82. The molecular formula is C19H22N2O5S. The Balaban J connectivity index is 1.52. The topological polar surface area (TPSA) is 97.8 Å². The van der Waals surface area contributed by atoms with Crippen LogP contribution >= 0.6 is 11.3 Å². The second-order valence-electron chi connectivity index (χ2n) is 6.37. The molecule has 0 spiro atoms. The van der Waals surface area contributed by atoms with Gasteiger partial charge in [0.05, 0.1) is 12.7 Å². The number of aromatic nitrogens is 1. The van der Waals surface area contributed by atoms with Crippen LogP contribution in [0.2, 0.25) is 0 Å². The normalized spacial score (nSPS) is 17.6. The summed E-state index contributed by atoms with van der Waals surface area (Å²) in [5.74, 6) is -1.22. The highest BCUT2D eigenvalue weighted by Crippen LogP contribution is 2.24. The number of carboxylic acid groups (broad SMARTS) is 1. The number of thiazole rings is 1. The van der Waals surface area contributed by atoms with Gasteiger partial charge in [0.15, 0.2) is 5.69 Å². The molecule has 1 amide bonds. The van der Waals surface area contributed by atoms with Crippen LogP contribution in [0, 0.1) is 0 Å². The van der Waals surface area contributed by atoms with Crippen molar-refractivity contribution in [2.45, 2.75) is 38.5 Å². The van der Waals surface area contributed by atoms with Gasteiger partial charge in [0.25, 0.3) is 0 Å². The van der Waals surface area contributed by atoms with Gasteiger partial charge in [-0.15, -0.1) is 11.3 Å². The van der Waals surface area contributed by atoms with E-state index in [1.807, 2.05) is 24.3 Å². The number of carboxylic acids is 1. The number of benzene rings is 1. The average molecular weight is 390 g/mol. The van der Waals surface area contributed by atoms with Crippen LogP contribution in [0.4, 0.5) is 0 Å². The molecule has 0 saturated carbocycles. The number of ether oxygens (including phenoxy) is 2. The van der Waals surface area contributed by atoms with Crippen molar-refractivity contribution in [1.82, 2.24) is 10.3 Å². The molecule has 2 N–H and O–H groups in total. The Morgan fingerprint density at radius 2 is 2.33 bits per heavy atom. The third-order valence-electron chi connectivity index (χ3n) is 4.29. The molecule has 2 heterocycles. The smallest absolute Gasteiger partial charge is 0.355 e. The molecule has 7 nitrogen and oxygen atoms in total. The highest BCUT2D eigenvalue weighted by atomic mass is 32.1. The molecule has 1 aliphatic rings. The Labute approximate surface area is 161 Å². The summed E-state index contributed by atoms with van der Waals surface area (Å²) in [6.07, 6.45) is 1.56. The van der Waals surface area contributed by atoms with Crippen molar-refractivity contribution >= 4 is 23.2 Å². The van der Waals surface area contributed by atoms with E-state index in [0.717, 1.165) is 30.6 Å². The van der Waals surface area contributed by atoms with E-state index >= 15 is 0 Å². The molecule has 2 unspecified atom stereocenters. The van der Waals surface area contributed by atoms with Gasteiger partial charge in [0.1, 0.15) is 11.1 Å². The number of hydrogen-bond donors (Lipinski definition) is 2. The lowest BCUT2D eigenvalue weighted by atomic mass is 10.1. The quantitative estimate of drug-likeness (QED) is 0.719. The van der Waals surface area contributed by atoms with Gasteiger partial charge >= 0.3 is 5.97 Å². The zero-order chi connectivity index (χ0) is 19.2. The van der Waals surface area contributed by atoms with Gasteiger partial charge in [0, 0.05) is 24.1 Å². The van der Waals surface area contributed by atoms with Crippen LogP contribution in [-0.4, -0.2) is 47.4 Å². The largest absolute Gasteiger partial charge is 0.476 e. The van der Waals surface area contributed by atoms with Gasteiger partial charge in [-0.1, -0.05) is 18.2 Å². The molecular weight excluding hydrogens is 368 g/mol. The molecule has 0 radical (unpaired) electrons. The van der Waals surface area contributed by atoms with E-state index < -0.39 is 12.1 Å². The van der Waals surface area contributed by atoms with Crippen molar-refractivity contribution in [3.8, 4) is 10.6 Å². The predicted molar refractivity (Wildman–Crippen MR) is 101 cm³/mol. The summed E-state index contributed by atoms with van der Waals surface area (Å²) in [4.78, 5) is 27.3. The lowest BCUT2D eigenvalue weighted by molar-refractivity contribution is -0.133. The second kappa shape index (κ2) is 9.07. The van der Waals surface area contributed by atoms with Crippen molar-refractivity contribution < 1.29 is 24.2 Å². The van der Waals surface area contributed by atoms with Crippen molar-refractivity contribution in [2.24, 2.45) is 0 Å². The maximum absolute atomic E-state index is 12.2. The fourth-order valence-electron chi connectivity index (χ4n) is 2.75. The van der Waals surface area contributed by atoms with Gasteiger partial charge < -0.3 is 19.9 Å². The van der Waals surface area contributed by atoms with Crippen molar-refractivity contribution in [3.63, 3.8) is 0 Å². The van der Waals surface area contributed by atoms with E-state index in [-0.39, 0.29) is 17.7 Å². The minimum atomic E-state index is -1.04. The van der Waals surface area contributed by atoms with E-state index in [1.54, 1.807) is 6.92 Å². The van der Waals surface area contributed by atoms with E-state index in [9.17, 15) is 9.59 Å². The second-order valence-corrected chi connectivity index (χ2v) is 7.23. The number of nitrogens with one attached hydrogen (secondary N) is 1. The summed E-state index contributed by atoms with van der Waals surface area (Å²) in [6.45, 7) is 3.28. The van der Waals surface area contributed by atoms with Crippen LogP contribution < -0.4 is 5.32 Å². The summed E-state index contributed by atoms with van der Waals surface area (Å²) in [6, 6.07) is 7.51. The third-order valence-corrected chi connectivity index (χ3v) is 5.18. The lowest BCUT2D eigenvalue weighted by Gasteiger charge is -2.16. The minimum Gasteiger partial charge on any atom is -0.476 e. The highest BCUT2D eigenvalue weighted by molar-refractivity contribution is 7.13. The Bertz CT molecular complexity index is 801. The van der Waals surface area contributed by atoms with Crippen LogP contribution in [0.3, 0.4) is 0 Å². The number of carbonyl (C=O) groups is 2. The van der Waals surface area contributed by atoms with Crippen LogP contribution in [-0.2, 0) is 20.8 Å². The molecule has 2 aromatic rings. The Morgan fingerprint density at radius 3 is 3.04 bits per heavy atom. The Morgan fingerprint density at radius 1 is 1.48 bits per heavy atom. The summed E-state index contributed by atoms with van der Waals surface area (Å²) >= 11 is 1.28. The van der Waals surface area contributed by atoms with Crippen LogP contribution in [0.15, 0.2) is 29.6 Å². The molecule has 0 bridgehead atoms. The van der Waals surface area contributed by atoms with E-state index in [1.165, 1.54) is 16.7 Å². The number of rotatable bonds is 8. The average Bonchev–Trinajstić information content (AvgIpc) is 3.36. The maximum atomic E-state index is 12.2. The fraction of sp³-hybridized carbons (Fsp3) is 0.421. The van der Waals surface area contributed by atoms with Gasteiger partial charge in [-0.3, -0.25) is 4.79 Å². The first-order chi connectivity index (χ1) is 13.0. The van der Waals surface area contributed by atoms with Crippen molar-refractivity contribution in [3.05, 3.63) is 40.9 Å². The fourth-order valence-corrected chi connectivity index (χ4v) is 3.55.